The minimum absolute atomic E-state index is 0.141. The summed E-state index contributed by atoms with van der Waals surface area (Å²) in [6.45, 7) is 11.4. The quantitative estimate of drug-likeness (QED) is 0.784. The van der Waals surface area contributed by atoms with E-state index in [2.05, 4.69) is 52.8 Å². The lowest BCUT2D eigenvalue weighted by Gasteiger charge is -2.46. The van der Waals surface area contributed by atoms with Gasteiger partial charge in [0.15, 0.2) is 0 Å². The molecule has 1 heteroatoms. The third kappa shape index (κ3) is 2.77. The summed E-state index contributed by atoms with van der Waals surface area (Å²) in [5.74, 6) is 0.708. The van der Waals surface area contributed by atoms with Crippen LogP contribution in [-0.2, 0) is 5.54 Å². The lowest BCUT2D eigenvalue weighted by atomic mass is 9.62. The van der Waals surface area contributed by atoms with Gasteiger partial charge in [0.25, 0.3) is 0 Å². The Hall–Kier alpha value is -0.820. The monoisotopic (exact) mass is 245 g/mol. The van der Waals surface area contributed by atoms with Crippen LogP contribution in [0.4, 0.5) is 0 Å². The van der Waals surface area contributed by atoms with E-state index in [0.29, 0.717) is 11.3 Å². The van der Waals surface area contributed by atoms with Gasteiger partial charge in [-0.15, -0.1) is 0 Å². The standard InChI is InChI=1S/C17H27N/c1-12-6-13(2)8-15(7-12)17(18)10-14(3)9-16(4,5)11-17/h6-8,14H,9-11,18H2,1-5H3. The van der Waals surface area contributed by atoms with Crippen LogP contribution in [0.3, 0.4) is 0 Å². The van der Waals surface area contributed by atoms with Gasteiger partial charge in [-0.3, -0.25) is 0 Å². The molecule has 0 amide bonds. The second-order valence-electron chi connectivity index (χ2n) is 7.39. The molecular weight excluding hydrogens is 218 g/mol. The summed E-state index contributed by atoms with van der Waals surface area (Å²) in [6, 6.07) is 6.78. The van der Waals surface area contributed by atoms with Crippen molar-refractivity contribution in [1.29, 1.82) is 0 Å². The maximum Gasteiger partial charge on any atom is 0.0417 e. The third-order valence-electron chi connectivity index (χ3n) is 4.20. The summed E-state index contributed by atoms with van der Waals surface area (Å²) in [5.41, 5.74) is 11.0. The highest BCUT2D eigenvalue weighted by Crippen LogP contribution is 2.47. The Bertz CT molecular complexity index is 427. The molecule has 1 fully saturated rings. The van der Waals surface area contributed by atoms with Crippen molar-refractivity contribution in [3.8, 4) is 0 Å². The summed E-state index contributed by atoms with van der Waals surface area (Å²) in [7, 11) is 0. The van der Waals surface area contributed by atoms with Crippen molar-refractivity contribution in [2.45, 2.75) is 59.4 Å². The van der Waals surface area contributed by atoms with Gasteiger partial charge in [0.2, 0.25) is 0 Å². The van der Waals surface area contributed by atoms with E-state index in [4.69, 9.17) is 5.73 Å². The van der Waals surface area contributed by atoms with E-state index in [1.165, 1.54) is 23.1 Å². The van der Waals surface area contributed by atoms with Crippen LogP contribution in [0.1, 0.15) is 56.7 Å². The maximum absolute atomic E-state index is 6.78. The fourth-order valence-electron chi connectivity index (χ4n) is 4.12. The number of rotatable bonds is 1. The van der Waals surface area contributed by atoms with Gasteiger partial charge >= 0.3 is 0 Å². The molecule has 2 N–H and O–H groups in total. The fourth-order valence-corrected chi connectivity index (χ4v) is 4.12. The summed E-state index contributed by atoms with van der Waals surface area (Å²) in [5, 5.41) is 0. The van der Waals surface area contributed by atoms with Crippen molar-refractivity contribution >= 4 is 0 Å². The van der Waals surface area contributed by atoms with Gasteiger partial charge in [-0.2, -0.15) is 0 Å². The summed E-state index contributed by atoms with van der Waals surface area (Å²) in [4.78, 5) is 0. The molecule has 1 aliphatic carbocycles. The van der Waals surface area contributed by atoms with Crippen molar-refractivity contribution in [3.05, 3.63) is 34.9 Å². The minimum Gasteiger partial charge on any atom is -0.321 e. The smallest absolute Gasteiger partial charge is 0.0417 e. The number of hydrogen-bond donors (Lipinski definition) is 1. The first kappa shape index (κ1) is 13.6. The Kier molecular flexibility index (Phi) is 3.31. The highest BCUT2D eigenvalue weighted by Gasteiger charge is 2.41. The van der Waals surface area contributed by atoms with Crippen LogP contribution in [0.5, 0.6) is 0 Å². The van der Waals surface area contributed by atoms with E-state index in [1.54, 1.807) is 0 Å². The van der Waals surface area contributed by atoms with Gasteiger partial charge < -0.3 is 5.73 Å². The highest BCUT2D eigenvalue weighted by molar-refractivity contribution is 5.34. The molecule has 1 aromatic carbocycles. The largest absolute Gasteiger partial charge is 0.321 e. The Balaban J connectivity index is 2.40. The second kappa shape index (κ2) is 4.38. The SMILES string of the molecule is Cc1cc(C)cc(C2(N)CC(C)CC(C)(C)C2)c1. The van der Waals surface area contributed by atoms with Gasteiger partial charge in [-0.1, -0.05) is 50.1 Å². The molecule has 2 unspecified atom stereocenters. The van der Waals surface area contributed by atoms with E-state index < -0.39 is 0 Å². The first-order chi connectivity index (χ1) is 8.20. The molecule has 1 aliphatic rings. The zero-order valence-electron chi connectivity index (χ0n) is 12.5. The average molecular weight is 245 g/mol. The summed E-state index contributed by atoms with van der Waals surface area (Å²) in [6.07, 6.45) is 3.49. The molecule has 0 radical (unpaired) electrons. The van der Waals surface area contributed by atoms with Crippen LogP contribution in [0.25, 0.3) is 0 Å². The van der Waals surface area contributed by atoms with Crippen molar-refractivity contribution in [2.24, 2.45) is 17.1 Å². The van der Waals surface area contributed by atoms with Crippen molar-refractivity contribution in [1.82, 2.24) is 0 Å². The van der Waals surface area contributed by atoms with Gasteiger partial charge in [0.05, 0.1) is 0 Å². The lowest BCUT2D eigenvalue weighted by Crippen LogP contribution is -2.46. The Morgan fingerprint density at radius 1 is 1.06 bits per heavy atom. The molecule has 1 aromatic rings. The molecule has 0 heterocycles. The Labute approximate surface area is 112 Å². The molecule has 2 rings (SSSR count). The molecular formula is C17H27N. The molecule has 0 aliphatic heterocycles. The van der Waals surface area contributed by atoms with E-state index in [-0.39, 0.29) is 5.54 Å². The third-order valence-corrected chi connectivity index (χ3v) is 4.20. The molecule has 1 saturated carbocycles. The molecule has 100 valence electrons. The normalized spacial score (nSPS) is 31.3. The zero-order chi connectivity index (χ0) is 13.6. The summed E-state index contributed by atoms with van der Waals surface area (Å²) >= 11 is 0. The van der Waals surface area contributed by atoms with Gasteiger partial charge in [0.1, 0.15) is 0 Å². The first-order valence-corrected chi connectivity index (χ1v) is 7.08. The zero-order valence-corrected chi connectivity index (χ0v) is 12.5. The number of aryl methyl sites for hydroxylation is 2. The number of nitrogens with two attached hydrogens (primary N) is 1. The van der Waals surface area contributed by atoms with Gasteiger partial charge in [-0.25, -0.2) is 0 Å². The van der Waals surface area contributed by atoms with Crippen molar-refractivity contribution in [2.75, 3.05) is 0 Å². The van der Waals surface area contributed by atoms with Crippen LogP contribution in [0, 0.1) is 25.2 Å². The lowest BCUT2D eigenvalue weighted by molar-refractivity contribution is 0.107. The van der Waals surface area contributed by atoms with Crippen molar-refractivity contribution < 1.29 is 0 Å². The Morgan fingerprint density at radius 3 is 2.11 bits per heavy atom. The van der Waals surface area contributed by atoms with E-state index in [1.807, 2.05) is 0 Å². The molecule has 0 spiro atoms. The molecule has 0 aromatic heterocycles. The number of hydrogen-bond acceptors (Lipinski definition) is 1. The predicted octanol–water partition coefficient (Wildman–Crippen LogP) is 4.30. The average Bonchev–Trinajstić information content (AvgIpc) is 2.11. The van der Waals surface area contributed by atoms with E-state index in [0.717, 1.165) is 12.8 Å². The highest BCUT2D eigenvalue weighted by atomic mass is 14.8. The minimum atomic E-state index is -0.141. The predicted molar refractivity (Wildman–Crippen MR) is 78.6 cm³/mol. The van der Waals surface area contributed by atoms with E-state index >= 15 is 0 Å². The van der Waals surface area contributed by atoms with Crippen molar-refractivity contribution in [3.63, 3.8) is 0 Å². The van der Waals surface area contributed by atoms with Crippen LogP contribution in [0.15, 0.2) is 18.2 Å². The first-order valence-electron chi connectivity index (χ1n) is 7.08. The molecule has 1 nitrogen and oxygen atoms in total. The second-order valence-corrected chi connectivity index (χ2v) is 7.39. The maximum atomic E-state index is 6.78. The molecule has 18 heavy (non-hydrogen) atoms. The van der Waals surface area contributed by atoms with Crippen LogP contribution in [0.2, 0.25) is 0 Å². The van der Waals surface area contributed by atoms with Gasteiger partial charge in [-0.05, 0) is 50.0 Å². The van der Waals surface area contributed by atoms with Crippen LogP contribution in [-0.4, -0.2) is 0 Å². The fraction of sp³-hybridized carbons (Fsp3) is 0.647. The van der Waals surface area contributed by atoms with E-state index in [9.17, 15) is 0 Å². The van der Waals surface area contributed by atoms with Gasteiger partial charge in [0, 0.05) is 5.54 Å². The topological polar surface area (TPSA) is 26.0 Å². The Morgan fingerprint density at radius 2 is 1.61 bits per heavy atom. The summed E-state index contributed by atoms with van der Waals surface area (Å²) < 4.78 is 0. The molecule has 2 atom stereocenters. The van der Waals surface area contributed by atoms with Crippen LogP contribution < -0.4 is 5.73 Å². The van der Waals surface area contributed by atoms with Crippen LogP contribution >= 0.6 is 0 Å². The number of benzene rings is 1. The molecule has 0 bridgehead atoms. The molecule has 0 saturated heterocycles.